The maximum Gasteiger partial charge on any atom is 0.246 e. The van der Waals surface area contributed by atoms with Crippen LogP contribution < -0.4 is 5.32 Å². The number of aromatic nitrogens is 2. The van der Waals surface area contributed by atoms with Gasteiger partial charge in [0.1, 0.15) is 19.0 Å². The highest BCUT2D eigenvalue weighted by Crippen LogP contribution is 2.16. The van der Waals surface area contributed by atoms with Crippen LogP contribution in [0.3, 0.4) is 0 Å². The number of hydrogen-bond donors (Lipinski definition) is 1. The van der Waals surface area contributed by atoms with Gasteiger partial charge in [-0.15, -0.1) is 13.2 Å². The minimum atomic E-state index is -0.239. The van der Waals surface area contributed by atoms with Crippen LogP contribution in [0, 0.1) is 0 Å². The molecule has 1 aromatic carbocycles. The van der Waals surface area contributed by atoms with Crippen molar-refractivity contribution in [2.75, 3.05) is 26.8 Å². The highest BCUT2D eigenvalue weighted by atomic mass is 16.5. The number of nitrogens with one attached hydrogen (secondary N) is 1. The number of nitrogens with zero attached hydrogens (tertiary/aromatic N) is 3. The lowest BCUT2D eigenvalue weighted by Crippen LogP contribution is -2.35. The summed E-state index contributed by atoms with van der Waals surface area (Å²) in [5.74, 6) is 0.302. The Kier molecular flexibility index (Phi) is 7.11. The molecule has 2 rings (SSSR count). The predicted octanol–water partition coefficient (Wildman–Crippen LogP) is 1.50. The first-order valence-electron chi connectivity index (χ1n) is 8.30. The Hall–Kier alpha value is -2.93. The molecule has 0 fully saturated rings. The summed E-state index contributed by atoms with van der Waals surface area (Å²) in [6.45, 7) is 8.58. The van der Waals surface area contributed by atoms with Crippen LogP contribution in [0.4, 0.5) is 0 Å². The summed E-state index contributed by atoms with van der Waals surface area (Å²) >= 11 is 0. The van der Waals surface area contributed by atoms with Crippen molar-refractivity contribution in [2.24, 2.45) is 0 Å². The molecule has 0 saturated carbocycles. The Morgan fingerprint density at radius 2 is 1.96 bits per heavy atom. The molecule has 0 aliphatic heterocycles. The molecule has 138 valence electrons. The van der Waals surface area contributed by atoms with E-state index < -0.39 is 0 Å². The summed E-state index contributed by atoms with van der Waals surface area (Å²) in [4.78, 5) is 30.6. The average Bonchev–Trinajstić information content (AvgIpc) is 2.98. The van der Waals surface area contributed by atoms with Crippen molar-refractivity contribution in [1.29, 1.82) is 0 Å². The van der Waals surface area contributed by atoms with Crippen molar-refractivity contribution in [3.8, 4) is 0 Å². The zero-order valence-corrected chi connectivity index (χ0v) is 15.0. The molecule has 0 saturated heterocycles. The number of hydrogen-bond acceptors (Lipinski definition) is 4. The molecular weight excluding hydrogens is 332 g/mol. The monoisotopic (exact) mass is 356 g/mol. The molecule has 26 heavy (non-hydrogen) atoms. The summed E-state index contributed by atoms with van der Waals surface area (Å²) < 4.78 is 6.64. The molecule has 0 unspecified atom stereocenters. The normalized spacial score (nSPS) is 10.5. The van der Waals surface area contributed by atoms with E-state index in [1.807, 2.05) is 28.8 Å². The van der Waals surface area contributed by atoms with E-state index in [9.17, 15) is 9.59 Å². The van der Waals surface area contributed by atoms with Gasteiger partial charge in [-0.3, -0.25) is 9.59 Å². The Morgan fingerprint density at radius 1 is 1.27 bits per heavy atom. The summed E-state index contributed by atoms with van der Waals surface area (Å²) in [5.41, 5.74) is 1.62. The highest BCUT2D eigenvalue weighted by Gasteiger charge is 2.17. The molecule has 0 atom stereocenters. The molecule has 7 nitrogen and oxygen atoms in total. The summed E-state index contributed by atoms with van der Waals surface area (Å²) in [6.07, 6.45) is 3.36. The number of carbonyl (C=O) groups is 2. The summed E-state index contributed by atoms with van der Waals surface area (Å²) in [5, 5.41) is 2.75. The van der Waals surface area contributed by atoms with E-state index in [2.05, 4.69) is 23.5 Å². The van der Waals surface area contributed by atoms with Crippen molar-refractivity contribution in [1.82, 2.24) is 19.8 Å². The first kappa shape index (κ1) is 19.4. The molecule has 2 amide bonds. The van der Waals surface area contributed by atoms with Crippen LogP contribution in [0.1, 0.15) is 5.82 Å². The fourth-order valence-corrected chi connectivity index (χ4v) is 2.62. The fraction of sp³-hybridized carbons (Fsp3) is 0.316. The van der Waals surface area contributed by atoms with Gasteiger partial charge in [0, 0.05) is 20.2 Å². The van der Waals surface area contributed by atoms with Gasteiger partial charge in [0.2, 0.25) is 11.8 Å². The van der Waals surface area contributed by atoms with Gasteiger partial charge in [-0.2, -0.15) is 0 Å². The van der Waals surface area contributed by atoms with Crippen LogP contribution in [0.15, 0.2) is 49.6 Å². The van der Waals surface area contributed by atoms with Gasteiger partial charge in [-0.1, -0.05) is 24.3 Å². The minimum Gasteiger partial charge on any atom is -0.375 e. The molecular formula is C19H24N4O3. The van der Waals surface area contributed by atoms with Gasteiger partial charge < -0.3 is 19.5 Å². The number of rotatable bonds is 10. The van der Waals surface area contributed by atoms with Gasteiger partial charge in [-0.05, 0) is 12.1 Å². The molecule has 1 heterocycles. The molecule has 0 spiro atoms. The Morgan fingerprint density at radius 3 is 2.62 bits per heavy atom. The number of carbonyl (C=O) groups excluding carboxylic acids is 2. The lowest BCUT2D eigenvalue weighted by Gasteiger charge is -2.20. The largest absolute Gasteiger partial charge is 0.375 e. The topological polar surface area (TPSA) is 76.5 Å². The molecule has 7 heteroatoms. The number of methoxy groups -OCH3 is 1. The smallest absolute Gasteiger partial charge is 0.246 e. The van der Waals surface area contributed by atoms with E-state index >= 15 is 0 Å². The van der Waals surface area contributed by atoms with Crippen LogP contribution in [0.2, 0.25) is 0 Å². The van der Waals surface area contributed by atoms with Gasteiger partial charge in [-0.25, -0.2) is 4.98 Å². The van der Waals surface area contributed by atoms with Gasteiger partial charge >= 0.3 is 0 Å². The van der Waals surface area contributed by atoms with Crippen molar-refractivity contribution >= 4 is 22.8 Å². The molecule has 0 aliphatic carbocycles. The average molecular weight is 356 g/mol. The number of amides is 2. The fourth-order valence-electron chi connectivity index (χ4n) is 2.62. The van der Waals surface area contributed by atoms with Crippen LogP contribution in [0.5, 0.6) is 0 Å². The summed E-state index contributed by atoms with van der Waals surface area (Å²) in [7, 11) is 1.46. The maximum atomic E-state index is 12.7. The molecule has 1 aromatic heterocycles. The first-order chi connectivity index (χ1) is 12.6. The lowest BCUT2D eigenvalue weighted by atomic mass is 10.3. The van der Waals surface area contributed by atoms with Crippen LogP contribution >= 0.6 is 0 Å². The SMILES string of the molecule is C=CCN(CC=C)C(=O)Cn1c(CNC(=O)COC)nc2ccccc21. The van der Waals surface area contributed by atoms with E-state index in [-0.39, 0.29) is 31.5 Å². The number of benzene rings is 1. The van der Waals surface area contributed by atoms with Gasteiger partial charge in [0.15, 0.2) is 0 Å². The number of fused-ring (bicyclic) bond motifs is 1. The standard InChI is InChI=1S/C19H24N4O3/c1-4-10-22(11-5-2)19(25)13-23-16-9-7-6-8-15(16)21-17(23)12-20-18(24)14-26-3/h4-9H,1-2,10-14H2,3H3,(H,20,24). The van der Waals surface area contributed by atoms with Crippen LogP contribution in [-0.2, 0) is 27.4 Å². The van der Waals surface area contributed by atoms with Crippen LogP contribution in [0.25, 0.3) is 11.0 Å². The van der Waals surface area contributed by atoms with E-state index in [1.54, 1.807) is 17.1 Å². The Labute approximate surface area is 152 Å². The third-order valence-corrected chi connectivity index (χ3v) is 3.80. The zero-order valence-electron chi connectivity index (χ0n) is 15.0. The van der Waals surface area contributed by atoms with E-state index in [4.69, 9.17) is 4.74 Å². The van der Waals surface area contributed by atoms with Crippen molar-refractivity contribution in [2.45, 2.75) is 13.1 Å². The number of ether oxygens (including phenoxy) is 1. The second-order valence-electron chi connectivity index (χ2n) is 5.69. The second-order valence-corrected chi connectivity index (χ2v) is 5.69. The third kappa shape index (κ3) is 4.80. The van der Waals surface area contributed by atoms with Gasteiger partial charge in [0.05, 0.1) is 17.6 Å². The van der Waals surface area contributed by atoms with Crippen molar-refractivity contribution in [3.63, 3.8) is 0 Å². The molecule has 2 aromatic rings. The maximum absolute atomic E-state index is 12.7. The van der Waals surface area contributed by atoms with E-state index in [0.717, 1.165) is 11.0 Å². The highest BCUT2D eigenvalue weighted by molar-refractivity contribution is 5.82. The lowest BCUT2D eigenvalue weighted by molar-refractivity contribution is -0.130. The van der Waals surface area contributed by atoms with Crippen LogP contribution in [-0.4, -0.2) is 53.1 Å². The van der Waals surface area contributed by atoms with Gasteiger partial charge in [0.25, 0.3) is 0 Å². The number of imidazole rings is 1. The first-order valence-corrected chi connectivity index (χ1v) is 8.30. The molecule has 1 N–H and O–H groups in total. The predicted molar refractivity (Wildman–Crippen MR) is 100 cm³/mol. The minimum absolute atomic E-state index is 0.0222. The molecule has 0 bridgehead atoms. The number of para-hydroxylation sites is 2. The second kappa shape index (κ2) is 9.53. The van der Waals surface area contributed by atoms with E-state index in [1.165, 1.54) is 7.11 Å². The van der Waals surface area contributed by atoms with E-state index in [0.29, 0.717) is 18.9 Å². The van der Waals surface area contributed by atoms with Crippen molar-refractivity contribution < 1.29 is 14.3 Å². The zero-order chi connectivity index (χ0) is 18.9. The quantitative estimate of drug-likeness (QED) is 0.655. The Balaban J connectivity index is 2.26. The van der Waals surface area contributed by atoms with Crippen molar-refractivity contribution in [3.05, 3.63) is 55.4 Å². The Bertz CT molecular complexity index is 787. The summed E-state index contributed by atoms with van der Waals surface area (Å²) in [6, 6.07) is 7.56. The molecule has 0 radical (unpaired) electrons. The third-order valence-electron chi connectivity index (χ3n) is 3.80. The molecule has 0 aliphatic rings.